The molecule has 19 heavy (non-hydrogen) atoms. The molecule has 0 aliphatic carbocycles. The smallest absolute Gasteiger partial charge is 0.261 e. The molecule has 0 heterocycles. The lowest BCUT2D eigenvalue weighted by molar-refractivity contribution is 0.601. The molecule has 1 N–H and O–H groups in total. The highest BCUT2D eigenvalue weighted by Gasteiger charge is 2.13. The molecule has 0 aliphatic heterocycles. The Hall–Kier alpha value is -1.17. The number of benzene rings is 2. The first kappa shape index (κ1) is 14.2. The van der Waals surface area contributed by atoms with Gasteiger partial charge in [-0.05, 0) is 54.8 Å². The Morgan fingerprint density at radius 2 is 1.58 bits per heavy atom. The Bertz CT molecular complexity index is 652. The number of hydrogen-bond donors (Lipinski definition) is 1. The van der Waals surface area contributed by atoms with Gasteiger partial charge in [-0.3, -0.25) is 4.72 Å². The molecule has 3 nitrogen and oxygen atoms in total. The van der Waals surface area contributed by atoms with E-state index in [0.29, 0.717) is 10.7 Å². The fraction of sp³-hybridized carbons (Fsp3) is 0.0769. The molecule has 0 spiro atoms. The summed E-state index contributed by atoms with van der Waals surface area (Å²) in [7, 11) is -3.57. The van der Waals surface area contributed by atoms with Crippen LogP contribution >= 0.6 is 23.4 Å². The van der Waals surface area contributed by atoms with Crippen molar-refractivity contribution in [3.8, 4) is 0 Å². The molecule has 6 heteroatoms. The van der Waals surface area contributed by atoms with E-state index in [1.807, 2.05) is 18.4 Å². The molecule has 2 aromatic rings. The van der Waals surface area contributed by atoms with Crippen molar-refractivity contribution in [2.24, 2.45) is 0 Å². The Kier molecular flexibility index (Phi) is 4.39. The van der Waals surface area contributed by atoms with Crippen molar-refractivity contribution in [1.29, 1.82) is 0 Å². The van der Waals surface area contributed by atoms with Crippen molar-refractivity contribution < 1.29 is 8.42 Å². The molecule has 0 amide bonds. The first-order chi connectivity index (χ1) is 9.01. The highest BCUT2D eigenvalue weighted by Crippen LogP contribution is 2.21. The van der Waals surface area contributed by atoms with Gasteiger partial charge < -0.3 is 0 Å². The lowest BCUT2D eigenvalue weighted by atomic mass is 10.3. The topological polar surface area (TPSA) is 46.2 Å². The van der Waals surface area contributed by atoms with Crippen LogP contribution in [0.5, 0.6) is 0 Å². The van der Waals surface area contributed by atoms with Crippen LogP contribution in [-0.2, 0) is 10.0 Å². The summed E-state index contributed by atoms with van der Waals surface area (Å²) in [6.45, 7) is 0. The van der Waals surface area contributed by atoms with E-state index >= 15 is 0 Å². The maximum atomic E-state index is 12.1. The van der Waals surface area contributed by atoms with E-state index in [9.17, 15) is 8.42 Å². The zero-order valence-corrected chi connectivity index (χ0v) is 12.5. The van der Waals surface area contributed by atoms with Gasteiger partial charge in [0.1, 0.15) is 0 Å². The average Bonchev–Trinajstić information content (AvgIpc) is 2.40. The molecule has 0 unspecified atom stereocenters. The van der Waals surface area contributed by atoms with Crippen molar-refractivity contribution >= 4 is 39.1 Å². The van der Waals surface area contributed by atoms with Gasteiger partial charge in [-0.15, -0.1) is 11.8 Å². The normalized spacial score (nSPS) is 11.3. The number of halogens is 1. The number of sulfonamides is 1. The molecule has 0 atom stereocenters. The van der Waals surface area contributed by atoms with Crippen molar-refractivity contribution in [2.75, 3.05) is 11.0 Å². The minimum absolute atomic E-state index is 0.186. The van der Waals surface area contributed by atoms with Gasteiger partial charge in [0, 0.05) is 15.6 Å². The van der Waals surface area contributed by atoms with Crippen molar-refractivity contribution in [3.63, 3.8) is 0 Å². The number of thioether (sulfide) groups is 1. The Morgan fingerprint density at radius 1 is 1.00 bits per heavy atom. The molecule has 2 rings (SSSR count). The minimum Gasteiger partial charge on any atom is -0.280 e. The van der Waals surface area contributed by atoms with Crippen LogP contribution in [-0.4, -0.2) is 14.7 Å². The highest BCUT2D eigenvalue weighted by atomic mass is 35.5. The predicted molar refractivity (Wildman–Crippen MR) is 80.5 cm³/mol. The Morgan fingerprint density at radius 3 is 2.11 bits per heavy atom. The molecular formula is C13H12ClNO2S2. The van der Waals surface area contributed by atoms with Gasteiger partial charge in [0.05, 0.1) is 4.90 Å². The maximum Gasteiger partial charge on any atom is 0.261 e. The summed E-state index contributed by atoms with van der Waals surface area (Å²) in [5.41, 5.74) is 0.535. The van der Waals surface area contributed by atoms with Crippen molar-refractivity contribution in [2.45, 2.75) is 9.79 Å². The van der Waals surface area contributed by atoms with Gasteiger partial charge in [-0.2, -0.15) is 0 Å². The zero-order chi connectivity index (χ0) is 13.9. The molecule has 0 fully saturated rings. The summed E-state index contributed by atoms with van der Waals surface area (Å²) in [5.74, 6) is 0. The average molecular weight is 314 g/mol. The van der Waals surface area contributed by atoms with Gasteiger partial charge in [-0.25, -0.2) is 8.42 Å². The Labute approximate surface area is 122 Å². The molecule has 2 aromatic carbocycles. The minimum atomic E-state index is -3.57. The van der Waals surface area contributed by atoms with Crippen molar-refractivity contribution in [1.82, 2.24) is 0 Å². The molecule has 0 aliphatic rings. The summed E-state index contributed by atoms with van der Waals surface area (Å²) in [5, 5.41) is 0.503. The highest BCUT2D eigenvalue weighted by molar-refractivity contribution is 7.98. The number of nitrogens with one attached hydrogen (secondary N) is 1. The van der Waals surface area contributed by atoms with Crippen LogP contribution in [0, 0.1) is 0 Å². The molecule has 0 saturated heterocycles. The van der Waals surface area contributed by atoms with Crippen LogP contribution < -0.4 is 4.72 Å². The van der Waals surface area contributed by atoms with E-state index in [1.165, 1.54) is 12.1 Å². The standard InChI is InChI=1S/C13H12ClNO2S2/c1-18-12-6-4-11(5-7-12)15-19(16,17)13-8-2-10(14)3-9-13/h2-9,15H,1H3. The van der Waals surface area contributed by atoms with Crippen LogP contribution in [0.1, 0.15) is 0 Å². The van der Waals surface area contributed by atoms with Gasteiger partial charge in [0.15, 0.2) is 0 Å². The van der Waals surface area contributed by atoms with Crippen LogP contribution in [0.3, 0.4) is 0 Å². The molecule has 0 saturated carbocycles. The summed E-state index contributed by atoms with van der Waals surface area (Å²) < 4.78 is 26.7. The maximum absolute atomic E-state index is 12.1. The third-order valence-electron chi connectivity index (χ3n) is 2.47. The zero-order valence-electron chi connectivity index (χ0n) is 10.1. The summed E-state index contributed by atoms with van der Waals surface area (Å²) >= 11 is 7.34. The fourth-order valence-corrected chi connectivity index (χ4v) is 3.08. The monoisotopic (exact) mass is 313 g/mol. The second-order valence-corrected chi connectivity index (χ2v) is 6.79. The SMILES string of the molecule is CSc1ccc(NS(=O)(=O)c2ccc(Cl)cc2)cc1. The van der Waals surface area contributed by atoms with E-state index in [-0.39, 0.29) is 4.90 Å². The van der Waals surface area contributed by atoms with E-state index in [1.54, 1.807) is 36.0 Å². The molecule has 0 radical (unpaired) electrons. The summed E-state index contributed by atoms with van der Waals surface area (Å²) in [4.78, 5) is 1.26. The fourth-order valence-electron chi connectivity index (χ4n) is 1.49. The largest absolute Gasteiger partial charge is 0.280 e. The Balaban J connectivity index is 2.23. The van der Waals surface area contributed by atoms with E-state index in [2.05, 4.69) is 4.72 Å². The summed E-state index contributed by atoms with van der Waals surface area (Å²) in [6, 6.07) is 13.2. The van der Waals surface area contributed by atoms with E-state index in [0.717, 1.165) is 4.90 Å². The molecule has 0 bridgehead atoms. The second-order valence-electron chi connectivity index (χ2n) is 3.79. The lowest BCUT2D eigenvalue weighted by Gasteiger charge is -2.08. The van der Waals surface area contributed by atoms with Crippen LogP contribution in [0.25, 0.3) is 0 Å². The lowest BCUT2D eigenvalue weighted by Crippen LogP contribution is -2.12. The van der Waals surface area contributed by atoms with Crippen LogP contribution in [0.4, 0.5) is 5.69 Å². The third kappa shape index (κ3) is 3.65. The van der Waals surface area contributed by atoms with Gasteiger partial charge >= 0.3 is 0 Å². The molecule has 0 aromatic heterocycles. The van der Waals surface area contributed by atoms with Gasteiger partial charge in [-0.1, -0.05) is 11.6 Å². The van der Waals surface area contributed by atoms with Crippen LogP contribution in [0.2, 0.25) is 5.02 Å². The van der Waals surface area contributed by atoms with E-state index in [4.69, 9.17) is 11.6 Å². The summed E-state index contributed by atoms with van der Waals surface area (Å²) in [6.07, 6.45) is 1.97. The second kappa shape index (κ2) is 5.86. The number of hydrogen-bond acceptors (Lipinski definition) is 3. The van der Waals surface area contributed by atoms with Crippen molar-refractivity contribution in [3.05, 3.63) is 53.6 Å². The molecule has 100 valence electrons. The first-order valence-corrected chi connectivity index (χ1v) is 8.52. The number of rotatable bonds is 4. The molecular weight excluding hydrogens is 302 g/mol. The van der Waals surface area contributed by atoms with E-state index < -0.39 is 10.0 Å². The van der Waals surface area contributed by atoms with Gasteiger partial charge in [0.2, 0.25) is 0 Å². The number of anilines is 1. The van der Waals surface area contributed by atoms with Gasteiger partial charge in [0.25, 0.3) is 10.0 Å². The quantitative estimate of drug-likeness (QED) is 0.872. The third-order valence-corrected chi connectivity index (χ3v) is 4.86. The predicted octanol–water partition coefficient (Wildman–Crippen LogP) is 3.86. The first-order valence-electron chi connectivity index (χ1n) is 5.44. The van der Waals surface area contributed by atoms with Crippen LogP contribution in [0.15, 0.2) is 58.3 Å².